The SMILES string of the molecule is CCNCc1cnc(N(C)CC(F)(F)F)nc1. The minimum absolute atomic E-state index is 0.0718. The molecule has 1 heterocycles. The number of hydrogen-bond donors (Lipinski definition) is 1. The average molecular weight is 248 g/mol. The number of halogens is 3. The highest BCUT2D eigenvalue weighted by atomic mass is 19.4. The molecule has 0 saturated heterocycles. The number of anilines is 1. The van der Waals surface area contributed by atoms with E-state index in [1.165, 1.54) is 19.4 Å². The van der Waals surface area contributed by atoms with Crippen molar-refractivity contribution in [1.29, 1.82) is 0 Å². The Kier molecular flexibility index (Phi) is 4.68. The average Bonchev–Trinajstić information content (AvgIpc) is 2.24. The lowest BCUT2D eigenvalue weighted by molar-refractivity contribution is -0.119. The van der Waals surface area contributed by atoms with Crippen LogP contribution < -0.4 is 10.2 Å². The Morgan fingerprint density at radius 3 is 2.35 bits per heavy atom. The van der Waals surface area contributed by atoms with Crippen molar-refractivity contribution in [3.63, 3.8) is 0 Å². The van der Waals surface area contributed by atoms with Gasteiger partial charge in [-0.25, -0.2) is 9.97 Å². The van der Waals surface area contributed by atoms with Gasteiger partial charge in [0, 0.05) is 31.5 Å². The fraction of sp³-hybridized carbons (Fsp3) is 0.600. The van der Waals surface area contributed by atoms with E-state index in [1.807, 2.05) is 6.92 Å². The molecule has 0 fully saturated rings. The molecule has 0 amide bonds. The summed E-state index contributed by atoms with van der Waals surface area (Å²) in [5.74, 6) is 0.0718. The third-order valence-electron chi connectivity index (χ3n) is 2.03. The Labute approximate surface area is 97.9 Å². The van der Waals surface area contributed by atoms with Gasteiger partial charge in [0.2, 0.25) is 5.95 Å². The van der Waals surface area contributed by atoms with Crippen LogP contribution in [0.4, 0.5) is 19.1 Å². The maximum Gasteiger partial charge on any atom is 0.406 e. The molecule has 0 atom stereocenters. The van der Waals surface area contributed by atoms with Gasteiger partial charge in [-0.1, -0.05) is 6.92 Å². The van der Waals surface area contributed by atoms with Gasteiger partial charge in [0.15, 0.2) is 0 Å². The van der Waals surface area contributed by atoms with E-state index < -0.39 is 12.7 Å². The van der Waals surface area contributed by atoms with Gasteiger partial charge in [-0.15, -0.1) is 0 Å². The lowest BCUT2D eigenvalue weighted by Gasteiger charge is -2.18. The van der Waals surface area contributed by atoms with Gasteiger partial charge in [0.05, 0.1) is 0 Å². The summed E-state index contributed by atoms with van der Waals surface area (Å²) in [5.41, 5.74) is 0.844. The second-order valence-electron chi connectivity index (χ2n) is 3.64. The first kappa shape index (κ1) is 13.7. The van der Waals surface area contributed by atoms with Gasteiger partial charge < -0.3 is 10.2 Å². The van der Waals surface area contributed by atoms with Crippen molar-refractivity contribution in [1.82, 2.24) is 15.3 Å². The second-order valence-corrected chi connectivity index (χ2v) is 3.64. The topological polar surface area (TPSA) is 41.1 Å². The standard InChI is InChI=1S/C10H15F3N4/c1-3-14-4-8-5-15-9(16-6-8)17(2)7-10(11,12)13/h5-6,14H,3-4,7H2,1-2H3. The number of alkyl halides is 3. The van der Waals surface area contributed by atoms with Crippen LogP contribution in [0.2, 0.25) is 0 Å². The van der Waals surface area contributed by atoms with Crippen LogP contribution in [-0.2, 0) is 6.54 Å². The van der Waals surface area contributed by atoms with Crippen LogP contribution in [-0.4, -0.2) is 36.3 Å². The summed E-state index contributed by atoms with van der Waals surface area (Å²) in [6.45, 7) is 2.33. The Morgan fingerprint density at radius 2 is 1.88 bits per heavy atom. The first-order chi connectivity index (χ1) is 7.92. The molecule has 0 aliphatic heterocycles. The summed E-state index contributed by atoms with van der Waals surface area (Å²) in [6.07, 6.45) is -1.20. The van der Waals surface area contributed by atoms with Gasteiger partial charge in [0.25, 0.3) is 0 Å². The van der Waals surface area contributed by atoms with Crippen molar-refractivity contribution < 1.29 is 13.2 Å². The molecule has 0 saturated carbocycles. The van der Waals surface area contributed by atoms with Crippen LogP contribution >= 0.6 is 0 Å². The summed E-state index contributed by atoms with van der Waals surface area (Å²) >= 11 is 0. The number of nitrogens with zero attached hydrogens (tertiary/aromatic N) is 3. The zero-order valence-corrected chi connectivity index (χ0v) is 9.75. The minimum Gasteiger partial charge on any atom is -0.335 e. The molecule has 0 bridgehead atoms. The van der Waals surface area contributed by atoms with Crippen LogP contribution in [0.25, 0.3) is 0 Å². The quantitative estimate of drug-likeness (QED) is 0.859. The molecule has 1 rings (SSSR count). The maximum absolute atomic E-state index is 12.1. The normalized spacial score (nSPS) is 11.6. The van der Waals surface area contributed by atoms with Crippen molar-refractivity contribution >= 4 is 5.95 Å². The molecule has 4 nitrogen and oxygen atoms in total. The first-order valence-corrected chi connectivity index (χ1v) is 5.22. The summed E-state index contributed by atoms with van der Waals surface area (Å²) in [4.78, 5) is 8.75. The number of hydrogen-bond acceptors (Lipinski definition) is 4. The van der Waals surface area contributed by atoms with Gasteiger partial charge in [-0.05, 0) is 6.54 Å². The van der Waals surface area contributed by atoms with E-state index in [2.05, 4.69) is 15.3 Å². The van der Waals surface area contributed by atoms with Gasteiger partial charge in [-0.2, -0.15) is 13.2 Å². The summed E-state index contributed by atoms with van der Waals surface area (Å²) in [7, 11) is 1.31. The van der Waals surface area contributed by atoms with Crippen LogP contribution in [0.3, 0.4) is 0 Å². The molecule has 0 radical (unpaired) electrons. The van der Waals surface area contributed by atoms with Gasteiger partial charge in [-0.3, -0.25) is 0 Å². The zero-order valence-electron chi connectivity index (χ0n) is 9.75. The fourth-order valence-electron chi connectivity index (χ4n) is 1.25. The highest BCUT2D eigenvalue weighted by Gasteiger charge is 2.30. The van der Waals surface area contributed by atoms with E-state index in [-0.39, 0.29) is 5.95 Å². The Hall–Kier alpha value is -1.37. The van der Waals surface area contributed by atoms with Crippen LogP contribution in [0.1, 0.15) is 12.5 Å². The van der Waals surface area contributed by atoms with E-state index in [4.69, 9.17) is 0 Å². The lowest BCUT2D eigenvalue weighted by Crippen LogP contribution is -2.32. The molecule has 0 unspecified atom stereocenters. The van der Waals surface area contributed by atoms with E-state index >= 15 is 0 Å². The number of aromatic nitrogens is 2. The molecule has 0 spiro atoms. The molecule has 0 aliphatic carbocycles. The molecule has 0 aromatic carbocycles. The molecular formula is C10H15F3N4. The highest BCUT2D eigenvalue weighted by molar-refractivity contribution is 5.28. The molecule has 7 heteroatoms. The van der Waals surface area contributed by atoms with Crippen molar-refractivity contribution in [2.24, 2.45) is 0 Å². The van der Waals surface area contributed by atoms with Gasteiger partial charge in [0.1, 0.15) is 6.54 Å². The summed E-state index contributed by atoms with van der Waals surface area (Å²) < 4.78 is 36.4. The van der Waals surface area contributed by atoms with Gasteiger partial charge >= 0.3 is 6.18 Å². The molecule has 1 aromatic rings. The zero-order chi connectivity index (χ0) is 12.9. The Bertz CT molecular complexity index is 336. The largest absolute Gasteiger partial charge is 0.406 e. The van der Waals surface area contributed by atoms with Crippen molar-refractivity contribution in [3.05, 3.63) is 18.0 Å². The molecular weight excluding hydrogens is 233 g/mol. The van der Waals surface area contributed by atoms with Crippen LogP contribution in [0, 0.1) is 0 Å². The molecule has 17 heavy (non-hydrogen) atoms. The predicted octanol–water partition coefficient (Wildman–Crippen LogP) is 1.58. The van der Waals surface area contributed by atoms with Crippen molar-refractivity contribution in [3.8, 4) is 0 Å². The Balaban J connectivity index is 2.60. The summed E-state index contributed by atoms with van der Waals surface area (Å²) in [6, 6.07) is 0. The van der Waals surface area contributed by atoms with Crippen molar-refractivity contribution in [2.75, 3.05) is 25.0 Å². The predicted molar refractivity (Wildman–Crippen MR) is 58.7 cm³/mol. The fourth-order valence-corrected chi connectivity index (χ4v) is 1.25. The highest BCUT2D eigenvalue weighted by Crippen LogP contribution is 2.17. The van der Waals surface area contributed by atoms with E-state index in [0.29, 0.717) is 6.54 Å². The van der Waals surface area contributed by atoms with Crippen molar-refractivity contribution in [2.45, 2.75) is 19.6 Å². The minimum atomic E-state index is -4.25. The monoisotopic (exact) mass is 248 g/mol. The molecule has 96 valence electrons. The van der Waals surface area contributed by atoms with Crippen LogP contribution in [0.15, 0.2) is 12.4 Å². The molecule has 1 N–H and O–H groups in total. The lowest BCUT2D eigenvalue weighted by atomic mass is 10.3. The third kappa shape index (κ3) is 4.99. The Morgan fingerprint density at radius 1 is 1.29 bits per heavy atom. The maximum atomic E-state index is 12.1. The van der Waals surface area contributed by atoms with E-state index in [9.17, 15) is 13.2 Å². The number of nitrogens with one attached hydrogen (secondary N) is 1. The second kappa shape index (κ2) is 5.81. The van der Waals surface area contributed by atoms with E-state index in [0.717, 1.165) is 17.0 Å². The third-order valence-corrected chi connectivity index (χ3v) is 2.03. The molecule has 0 aliphatic rings. The summed E-state index contributed by atoms with van der Waals surface area (Å²) in [5, 5.41) is 3.08. The first-order valence-electron chi connectivity index (χ1n) is 5.22. The van der Waals surface area contributed by atoms with E-state index in [1.54, 1.807) is 0 Å². The smallest absolute Gasteiger partial charge is 0.335 e. The molecule has 1 aromatic heterocycles. The van der Waals surface area contributed by atoms with Crippen LogP contribution in [0.5, 0.6) is 0 Å². The number of rotatable bonds is 5.